The maximum Gasteiger partial charge on any atom is 0.337 e. The summed E-state index contributed by atoms with van der Waals surface area (Å²) in [6, 6.07) is 12.1. The molecule has 3 rings (SSSR count). The van der Waals surface area contributed by atoms with Crippen LogP contribution in [0, 0.1) is 0 Å². The lowest BCUT2D eigenvalue weighted by atomic mass is 10.0. The van der Waals surface area contributed by atoms with Gasteiger partial charge in [-0.25, -0.2) is 9.59 Å². The van der Waals surface area contributed by atoms with Gasteiger partial charge in [0.25, 0.3) is 0 Å². The van der Waals surface area contributed by atoms with Crippen LogP contribution < -0.4 is 10.1 Å². The Hall–Kier alpha value is -3.86. The van der Waals surface area contributed by atoms with Gasteiger partial charge in [0.1, 0.15) is 5.75 Å². The molecule has 1 aromatic heterocycles. The average molecular weight is 527 g/mol. The number of esters is 2. The molecule has 1 N–H and O–H groups in total. The van der Waals surface area contributed by atoms with Gasteiger partial charge in [-0.05, 0) is 48.7 Å². The van der Waals surface area contributed by atoms with Crippen molar-refractivity contribution in [2.45, 2.75) is 37.9 Å². The van der Waals surface area contributed by atoms with E-state index in [0.717, 1.165) is 5.75 Å². The minimum Gasteiger partial charge on any atom is -0.483 e. The van der Waals surface area contributed by atoms with Gasteiger partial charge in [0.05, 0.1) is 31.1 Å². The van der Waals surface area contributed by atoms with E-state index in [1.807, 2.05) is 31.2 Å². The minimum absolute atomic E-state index is 0.0217. The molecule has 1 amide bonds. The average Bonchev–Trinajstić information content (AvgIpc) is 3.26. The predicted molar refractivity (Wildman–Crippen MR) is 139 cm³/mol. The third kappa shape index (κ3) is 7.10. The maximum absolute atomic E-state index is 12.6. The highest BCUT2D eigenvalue weighted by Gasteiger charge is 2.19. The molecule has 10 nitrogen and oxygen atoms in total. The van der Waals surface area contributed by atoms with E-state index in [9.17, 15) is 14.4 Å². The Morgan fingerprint density at radius 3 is 2.08 bits per heavy atom. The van der Waals surface area contributed by atoms with Crippen molar-refractivity contribution < 1.29 is 28.6 Å². The van der Waals surface area contributed by atoms with Gasteiger partial charge < -0.3 is 24.1 Å². The first-order valence-corrected chi connectivity index (χ1v) is 12.5. The molecule has 0 radical (unpaired) electrons. The predicted octanol–water partition coefficient (Wildman–Crippen LogP) is 4.38. The molecule has 0 saturated carbocycles. The lowest BCUT2D eigenvalue weighted by Crippen LogP contribution is -2.16. The molecular formula is C26H30N4O6S. The highest BCUT2D eigenvalue weighted by atomic mass is 32.2. The zero-order chi connectivity index (χ0) is 27.1. The lowest BCUT2D eigenvalue weighted by molar-refractivity contribution is -0.113. The summed E-state index contributed by atoms with van der Waals surface area (Å²) in [6.07, 6.45) is -0.358. The van der Waals surface area contributed by atoms with Gasteiger partial charge in [0.15, 0.2) is 17.1 Å². The van der Waals surface area contributed by atoms with Gasteiger partial charge in [-0.2, -0.15) is 0 Å². The number of hydrogen-bond acceptors (Lipinski definition) is 9. The zero-order valence-corrected chi connectivity index (χ0v) is 22.4. The smallest absolute Gasteiger partial charge is 0.337 e. The molecule has 196 valence electrons. The first kappa shape index (κ1) is 27.7. The summed E-state index contributed by atoms with van der Waals surface area (Å²) < 4.78 is 17.2. The molecule has 3 aromatic rings. The number of aromatic nitrogens is 3. The van der Waals surface area contributed by atoms with Crippen LogP contribution in [0.15, 0.2) is 47.6 Å². The van der Waals surface area contributed by atoms with Crippen molar-refractivity contribution in [2.75, 3.05) is 25.3 Å². The molecule has 0 saturated heterocycles. The van der Waals surface area contributed by atoms with Crippen molar-refractivity contribution in [2.24, 2.45) is 7.05 Å². The molecular weight excluding hydrogens is 496 g/mol. The molecule has 0 spiro atoms. The quantitative estimate of drug-likeness (QED) is 0.303. The Morgan fingerprint density at radius 2 is 1.54 bits per heavy atom. The number of thioether (sulfide) groups is 1. The number of amides is 1. The highest BCUT2D eigenvalue weighted by molar-refractivity contribution is 7.99. The lowest BCUT2D eigenvalue weighted by Gasteiger charge is -2.15. The summed E-state index contributed by atoms with van der Waals surface area (Å²) in [4.78, 5) is 36.5. The van der Waals surface area contributed by atoms with Gasteiger partial charge in [0.2, 0.25) is 5.91 Å². The van der Waals surface area contributed by atoms with Gasteiger partial charge in [-0.15, -0.1) is 10.2 Å². The number of anilines is 1. The zero-order valence-electron chi connectivity index (χ0n) is 21.6. The van der Waals surface area contributed by atoms with E-state index in [2.05, 4.69) is 29.4 Å². The van der Waals surface area contributed by atoms with E-state index < -0.39 is 11.9 Å². The molecule has 0 aliphatic rings. The van der Waals surface area contributed by atoms with Crippen LogP contribution in [0.2, 0.25) is 0 Å². The van der Waals surface area contributed by atoms with E-state index in [0.29, 0.717) is 16.9 Å². The summed E-state index contributed by atoms with van der Waals surface area (Å²) in [5, 5.41) is 11.6. The fourth-order valence-electron chi connectivity index (χ4n) is 3.49. The number of nitrogens with one attached hydrogen (secondary N) is 1. The third-order valence-electron chi connectivity index (χ3n) is 5.48. The van der Waals surface area contributed by atoms with Crippen LogP contribution in [-0.2, 0) is 21.3 Å². The highest BCUT2D eigenvalue weighted by Crippen LogP contribution is 2.25. The fraction of sp³-hybridized carbons (Fsp3) is 0.346. The van der Waals surface area contributed by atoms with Crippen LogP contribution in [-0.4, -0.2) is 52.6 Å². The SMILES string of the molecule is COC(=O)c1cc(NC(=O)CSc2nnc(C(C)Oc3ccc(C(C)C)cc3)n2C)cc(C(=O)OC)c1. The van der Waals surface area contributed by atoms with Gasteiger partial charge in [0, 0.05) is 12.7 Å². The molecule has 37 heavy (non-hydrogen) atoms. The maximum atomic E-state index is 12.6. The van der Waals surface area contributed by atoms with Gasteiger partial charge in [-0.1, -0.05) is 37.7 Å². The summed E-state index contributed by atoms with van der Waals surface area (Å²) >= 11 is 1.19. The third-order valence-corrected chi connectivity index (χ3v) is 6.50. The van der Waals surface area contributed by atoms with Crippen molar-refractivity contribution in [1.29, 1.82) is 0 Å². The van der Waals surface area contributed by atoms with Crippen LogP contribution in [0.5, 0.6) is 5.75 Å². The summed E-state index contributed by atoms with van der Waals surface area (Å²) in [6.45, 7) is 6.15. The number of benzene rings is 2. The van der Waals surface area contributed by atoms with E-state index in [1.165, 1.54) is 49.7 Å². The van der Waals surface area contributed by atoms with Gasteiger partial charge in [-0.3, -0.25) is 4.79 Å². The van der Waals surface area contributed by atoms with E-state index >= 15 is 0 Å². The topological polar surface area (TPSA) is 122 Å². The van der Waals surface area contributed by atoms with Crippen molar-refractivity contribution in [3.63, 3.8) is 0 Å². The van der Waals surface area contributed by atoms with Crippen molar-refractivity contribution in [3.8, 4) is 5.75 Å². The molecule has 2 aromatic carbocycles. The number of ether oxygens (including phenoxy) is 3. The standard InChI is InChI=1S/C26H30N4O6S/c1-15(2)17-7-9-21(10-8-17)36-16(3)23-28-29-26(30(23)4)37-14-22(31)27-20-12-18(24(32)34-5)11-19(13-20)25(33)35-6/h7-13,15-16H,14H2,1-6H3,(H,27,31). The Morgan fingerprint density at radius 1 is 0.946 bits per heavy atom. The number of methoxy groups -OCH3 is 2. The molecule has 1 heterocycles. The Bertz CT molecular complexity index is 1240. The first-order valence-electron chi connectivity index (χ1n) is 11.5. The van der Waals surface area contributed by atoms with E-state index in [-0.39, 0.29) is 34.6 Å². The Labute approximate surface area is 219 Å². The van der Waals surface area contributed by atoms with E-state index in [4.69, 9.17) is 14.2 Å². The number of carbonyl (C=O) groups excluding carboxylic acids is 3. The fourth-order valence-corrected chi connectivity index (χ4v) is 4.21. The molecule has 1 unspecified atom stereocenters. The van der Waals surface area contributed by atoms with Crippen LogP contribution in [0.4, 0.5) is 5.69 Å². The second-order valence-corrected chi connectivity index (χ2v) is 9.45. The van der Waals surface area contributed by atoms with Crippen LogP contribution in [0.25, 0.3) is 0 Å². The van der Waals surface area contributed by atoms with E-state index in [1.54, 1.807) is 11.6 Å². The summed E-state index contributed by atoms with van der Waals surface area (Å²) in [7, 11) is 4.26. The van der Waals surface area contributed by atoms with Crippen LogP contribution in [0.1, 0.15) is 64.9 Å². The van der Waals surface area contributed by atoms with Crippen LogP contribution >= 0.6 is 11.8 Å². The normalized spacial score (nSPS) is 11.6. The Balaban J connectivity index is 1.64. The van der Waals surface area contributed by atoms with Crippen molar-refractivity contribution >= 4 is 35.3 Å². The molecule has 11 heteroatoms. The summed E-state index contributed by atoms with van der Waals surface area (Å²) in [5.41, 5.74) is 1.71. The van der Waals surface area contributed by atoms with Crippen LogP contribution in [0.3, 0.4) is 0 Å². The first-order chi connectivity index (χ1) is 17.6. The monoisotopic (exact) mass is 526 g/mol. The number of nitrogens with zero attached hydrogens (tertiary/aromatic N) is 3. The Kier molecular flexibility index (Phi) is 9.29. The molecule has 0 fully saturated rings. The molecule has 0 bridgehead atoms. The van der Waals surface area contributed by atoms with Crippen molar-refractivity contribution in [1.82, 2.24) is 14.8 Å². The van der Waals surface area contributed by atoms with Gasteiger partial charge >= 0.3 is 11.9 Å². The summed E-state index contributed by atoms with van der Waals surface area (Å²) in [5.74, 6) is 0.159. The second kappa shape index (κ2) is 12.4. The molecule has 0 aliphatic heterocycles. The second-order valence-electron chi connectivity index (χ2n) is 8.50. The minimum atomic E-state index is -0.644. The molecule has 0 aliphatic carbocycles. The van der Waals surface area contributed by atoms with Crippen molar-refractivity contribution in [3.05, 3.63) is 65.0 Å². The number of rotatable bonds is 10. The largest absolute Gasteiger partial charge is 0.483 e. The molecule has 1 atom stereocenters. The number of hydrogen-bond donors (Lipinski definition) is 1. The number of carbonyl (C=O) groups is 3.